The Bertz CT molecular complexity index is 221. The molecule has 0 spiro atoms. The summed E-state index contributed by atoms with van der Waals surface area (Å²) >= 11 is 0. The Labute approximate surface area is 87.8 Å². The van der Waals surface area contributed by atoms with Gasteiger partial charge in [0.25, 0.3) is 0 Å². The largest absolute Gasteiger partial charge is 0.381 e. The van der Waals surface area contributed by atoms with Crippen LogP contribution in [0, 0.1) is 5.41 Å². The summed E-state index contributed by atoms with van der Waals surface area (Å²) in [6, 6.07) is 0. The van der Waals surface area contributed by atoms with Crippen LogP contribution in [0.5, 0.6) is 0 Å². The van der Waals surface area contributed by atoms with Crippen molar-refractivity contribution in [3.63, 3.8) is 0 Å². The molecule has 0 atom stereocenters. The highest BCUT2D eigenvalue weighted by Crippen LogP contribution is 2.41. The van der Waals surface area contributed by atoms with Gasteiger partial charge in [0.2, 0.25) is 0 Å². The standard InChI is InChI=1S/C13H22O/c1-11(2)5-6-13(12(3)4)7-9-14-10-8-13/h1,3,5-10H2,2,4H3. The molecule has 14 heavy (non-hydrogen) atoms. The van der Waals surface area contributed by atoms with Gasteiger partial charge in [0.05, 0.1) is 0 Å². The Morgan fingerprint density at radius 2 is 1.79 bits per heavy atom. The average Bonchev–Trinajstić information content (AvgIpc) is 2.16. The smallest absolute Gasteiger partial charge is 0.0474 e. The Hall–Kier alpha value is -0.560. The van der Waals surface area contributed by atoms with E-state index in [0.29, 0.717) is 5.41 Å². The van der Waals surface area contributed by atoms with Crippen molar-refractivity contribution in [2.45, 2.75) is 39.5 Å². The molecule has 1 nitrogen and oxygen atoms in total. The highest BCUT2D eigenvalue weighted by atomic mass is 16.5. The third kappa shape index (κ3) is 2.71. The van der Waals surface area contributed by atoms with Gasteiger partial charge in [0, 0.05) is 13.2 Å². The zero-order valence-electron chi connectivity index (χ0n) is 9.57. The van der Waals surface area contributed by atoms with E-state index >= 15 is 0 Å². The van der Waals surface area contributed by atoms with Crippen molar-refractivity contribution in [2.24, 2.45) is 5.41 Å². The monoisotopic (exact) mass is 194 g/mol. The molecule has 1 aliphatic rings. The maximum absolute atomic E-state index is 5.42. The van der Waals surface area contributed by atoms with Crippen molar-refractivity contribution in [2.75, 3.05) is 13.2 Å². The minimum Gasteiger partial charge on any atom is -0.381 e. The van der Waals surface area contributed by atoms with Crippen LogP contribution in [0.2, 0.25) is 0 Å². The van der Waals surface area contributed by atoms with Gasteiger partial charge >= 0.3 is 0 Å². The summed E-state index contributed by atoms with van der Waals surface area (Å²) in [6.07, 6.45) is 4.58. The summed E-state index contributed by atoms with van der Waals surface area (Å²) in [4.78, 5) is 0. The fraction of sp³-hybridized carbons (Fsp3) is 0.692. The number of hydrogen-bond acceptors (Lipinski definition) is 1. The van der Waals surface area contributed by atoms with Gasteiger partial charge in [0.1, 0.15) is 0 Å². The molecular weight excluding hydrogens is 172 g/mol. The van der Waals surface area contributed by atoms with Crippen molar-refractivity contribution >= 4 is 0 Å². The van der Waals surface area contributed by atoms with Gasteiger partial charge in [-0.3, -0.25) is 0 Å². The van der Waals surface area contributed by atoms with Crippen LogP contribution in [0.15, 0.2) is 24.3 Å². The molecule has 0 bridgehead atoms. The number of allylic oxidation sites excluding steroid dienone is 2. The van der Waals surface area contributed by atoms with Crippen LogP contribution in [0.4, 0.5) is 0 Å². The molecule has 0 aromatic heterocycles. The van der Waals surface area contributed by atoms with E-state index in [9.17, 15) is 0 Å². The molecule has 1 fully saturated rings. The number of rotatable bonds is 4. The highest BCUT2D eigenvalue weighted by Gasteiger charge is 2.32. The summed E-state index contributed by atoms with van der Waals surface area (Å²) in [5.41, 5.74) is 2.93. The quantitative estimate of drug-likeness (QED) is 0.620. The topological polar surface area (TPSA) is 9.23 Å². The van der Waals surface area contributed by atoms with Gasteiger partial charge in [-0.2, -0.15) is 0 Å². The van der Waals surface area contributed by atoms with Crippen molar-refractivity contribution in [3.8, 4) is 0 Å². The lowest BCUT2D eigenvalue weighted by Crippen LogP contribution is -2.30. The van der Waals surface area contributed by atoms with Crippen LogP contribution in [0.25, 0.3) is 0 Å². The Morgan fingerprint density at radius 1 is 1.21 bits per heavy atom. The van der Waals surface area contributed by atoms with E-state index in [1.807, 2.05) is 0 Å². The molecule has 1 saturated heterocycles. The zero-order valence-corrected chi connectivity index (χ0v) is 9.57. The first-order valence-corrected chi connectivity index (χ1v) is 5.45. The van der Waals surface area contributed by atoms with Crippen molar-refractivity contribution in [1.82, 2.24) is 0 Å². The molecule has 0 N–H and O–H groups in total. The molecule has 0 amide bonds. The molecule has 0 saturated carbocycles. The van der Waals surface area contributed by atoms with Crippen LogP contribution >= 0.6 is 0 Å². The molecule has 1 rings (SSSR count). The minimum absolute atomic E-state index is 0.331. The van der Waals surface area contributed by atoms with Gasteiger partial charge in [-0.25, -0.2) is 0 Å². The Kier molecular flexibility index (Phi) is 3.94. The molecule has 1 heterocycles. The van der Waals surface area contributed by atoms with E-state index in [1.54, 1.807) is 0 Å². The van der Waals surface area contributed by atoms with Crippen molar-refractivity contribution < 1.29 is 4.74 Å². The van der Waals surface area contributed by atoms with Crippen molar-refractivity contribution in [1.29, 1.82) is 0 Å². The van der Waals surface area contributed by atoms with Crippen LogP contribution < -0.4 is 0 Å². The molecule has 0 unspecified atom stereocenters. The minimum atomic E-state index is 0.331. The van der Waals surface area contributed by atoms with Crippen LogP contribution in [-0.4, -0.2) is 13.2 Å². The van der Waals surface area contributed by atoms with E-state index < -0.39 is 0 Å². The number of ether oxygens (including phenoxy) is 1. The second-order valence-electron chi connectivity index (χ2n) is 4.63. The molecule has 0 radical (unpaired) electrons. The van der Waals surface area contributed by atoms with E-state index in [-0.39, 0.29) is 0 Å². The van der Waals surface area contributed by atoms with Crippen molar-refractivity contribution in [3.05, 3.63) is 24.3 Å². The lowest BCUT2D eigenvalue weighted by molar-refractivity contribution is 0.0286. The van der Waals surface area contributed by atoms with E-state index in [1.165, 1.54) is 17.6 Å². The normalized spacial score (nSPS) is 20.4. The van der Waals surface area contributed by atoms with Gasteiger partial charge < -0.3 is 4.74 Å². The fourth-order valence-electron chi connectivity index (χ4n) is 2.10. The fourth-order valence-corrected chi connectivity index (χ4v) is 2.10. The highest BCUT2D eigenvalue weighted by molar-refractivity contribution is 5.10. The predicted molar refractivity (Wildman–Crippen MR) is 61.3 cm³/mol. The zero-order chi connectivity index (χ0) is 10.6. The SMILES string of the molecule is C=C(C)CCC1(C(=C)C)CCOCC1. The lowest BCUT2D eigenvalue weighted by Gasteiger charge is -2.38. The molecule has 0 aromatic carbocycles. The average molecular weight is 194 g/mol. The Morgan fingerprint density at radius 3 is 2.21 bits per heavy atom. The van der Waals surface area contributed by atoms with Gasteiger partial charge in [-0.05, 0) is 44.9 Å². The summed E-state index contributed by atoms with van der Waals surface area (Å²) in [7, 11) is 0. The summed E-state index contributed by atoms with van der Waals surface area (Å²) in [6.45, 7) is 14.2. The first kappa shape index (κ1) is 11.5. The third-order valence-electron chi connectivity index (χ3n) is 3.39. The first-order valence-electron chi connectivity index (χ1n) is 5.45. The molecular formula is C13H22O. The van der Waals surface area contributed by atoms with E-state index in [0.717, 1.165) is 32.5 Å². The van der Waals surface area contributed by atoms with E-state index in [4.69, 9.17) is 4.74 Å². The maximum Gasteiger partial charge on any atom is 0.0474 e. The molecule has 80 valence electrons. The third-order valence-corrected chi connectivity index (χ3v) is 3.39. The van der Waals surface area contributed by atoms with Gasteiger partial charge in [-0.1, -0.05) is 17.7 Å². The maximum atomic E-state index is 5.42. The van der Waals surface area contributed by atoms with Gasteiger partial charge in [0.15, 0.2) is 0 Å². The van der Waals surface area contributed by atoms with E-state index in [2.05, 4.69) is 27.0 Å². The molecule has 0 aromatic rings. The van der Waals surface area contributed by atoms with Gasteiger partial charge in [-0.15, -0.1) is 6.58 Å². The second kappa shape index (κ2) is 4.79. The van der Waals surface area contributed by atoms with Crippen LogP contribution in [-0.2, 0) is 4.74 Å². The summed E-state index contributed by atoms with van der Waals surface area (Å²) in [5.74, 6) is 0. The van der Waals surface area contributed by atoms with Crippen LogP contribution in [0.3, 0.4) is 0 Å². The summed E-state index contributed by atoms with van der Waals surface area (Å²) < 4.78 is 5.42. The lowest BCUT2D eigenvalue weighted by atomic mass is 9.71. The predicted octanol–water partition coefficient (Wildman–Crippen LogP) is 3.72. The summed E-state index contributed by atoms with van der Waals surface area (Å²) in [5, 5.41) is 0. The van der Waals surface area contributed by atoms with Crippen LogP contribution in [0.1, 0.15) is 39.5 Å². The Balaban J connectivity index is 2.60. The molecule has 1 heteroatoms. The second-order valence-corrected chi connectivity index (χ2v) is 4.63. The molecule has 1 aliphatic heterocycles. The number of hydrogen-bond donors (Lipinski definition) is 0. The first-order chi connectivity index (χ1) is 6.57. The molecule has 0 aliphatic carbocycles.